The molecular formula is C48H61Cl2N7O7. The topological polar surface area (TPSA) is 180 Å². The first-order valence-electron chi connectivity index (χ1n) is 22.1. The first-order chi connectivity index (χ1) is 30.2. The molecule has 0 unspecified atom stereocenters. The summed E-state index contributed by atoms with van der Waals surface area (Å²) in [5, 5.41) is 4.70. The lowest BCUT2D eigenvalue weighted by Crippen LogP contribution is -2.45. The fraction of sp³-hybridized carbons (Fsp3) is 0.500. The van der Waals surface area contributed by atoms with Crippen LogP contribution in [0.3, 0.4) is 0 Å². The van der Waals surface area contributed by atoms with Gasteiger partial charge in [0.05, 0.1) is 5.69 Å². The molecule has 2 aromatic carbocycles. The van der Waals surface area contributed by atoms with Crippen molar-refractivity contribution in [3.05, 3.63) is 97.9 Å². The number of H-pyrrole nitrogens is 1. The number of piperidine rings is 3. The highest BCUT2D eigenvalue weighted by Gasteiger charge is 2.33. The number of anilines is 2. The van der Waals surface area contributed by atoms with Crippen molar-refractivity contribution in [3.63, 3.8) is 0 Å². The Morgan fingerprint density at radius 2 is 1.38 bits per heavy atom. The molecule has 0 saturated carbocycles. The van der Waals surface area contributed by atoms with Crippen LogP contribution in [0.25, 0.3) is 10.9 Å². The quantitative estimate of drug-likeness (QED) is 0.151. The molecule has 3 saturated heterocycles. The lowest BCUT2D eigenvalue weighted by molar-refractivity contribution is -0.138. The van der Waals surface area contributed by atoms with Gasteiger partial charge in [-0.05, 0) is 159 Å². The number of carbonyl (C=O) groups is 4. The Balaban J connectivity index is 0.000000215. The van der Waals surface area contributed by atoms with Crippen molar-refractivity contribution in [2.75, 3.05) is 50.3 Å². The average Bonchev–Trinajstić information content (AvgIpc) is 3.23. The van der Waals surface area contributed by atoms with Crippen molar-refractivity contribution in [3.8, 4) is 0 Å². The number of Topliss-reactive ketones (excluding diaryl/α,β-unsaturated/α-hetero) is 1. The third kappa shape index (κ3) is 13.4. The number of fused-ring (bicyclic) bond motifs is 1. The zero-order chi connectivity index (χ0) is 46.3. The Morgan fingerprint density at radius 3 is 2.02 bits per heavy atom. The Morgan fingerprint density at radius 1 is 0.766 bits per heavy atom. The number of halogens is 2. The van der Waals surface area contributed by atoms with Gasteiger partial charge in [0.15, 0.2) is 5.78 Å². The van der Waals surface area contributed by atoms with E-state index < -0.39 is 17.3 Å². The maximum absolute atomic E-state index is 13.2. The normalized spacial score (nSPS) is 17.1. The highest BCUT2D eigenvalue weighted by molar-refractivity contribution is 6.31. The standard InChI is InChI=1S/C26H30ClN5O2.C22H31ClN2O5/c27-20-1-2-23-22(14-20)21(15-25(33)30-23)18-6-11-32(12-7-18)26(34)19-4-9-31(10-5-19)16-17-3-8-29-24(28)13-17;1-21(2,3)29-19(27)24-17-8-7-15(23)13-16(17)18(26)14-9-11-25(12-10-14)20(28)30-22(4,5)6/h1-3,8,13-15,18-19H,4-7,9-12,16H2,(H2,28,29)(H,30,33);7-8,13-14H,9-12H2,1-6H3,(H,24,27). The average molecular weight is 919 g/mol. The van der Waals surface area contributed by atoms with Crippen molar-refractivity contribution >= 4 is 69.5 Å². The SMILES string of the molecule is CC(C)(C)OC(=O)Nc1ccc(Cl)cc1C(=O)C1CCN(C(=O)OC(C)(C)C)CC1.Nc1cc(CN2CCC(C(=O)N3CCC(c4cc(=O)[nH]c5ccc(Cl)cc45)CC3)CC2)ccn1. The molecule has 7 rings (SSSR count). The molecule has 2 aromatic heterocycles. The van der Waals surface area contributed by atoms with Crippen molar-refractivity contribution in [2.45, 2.75) is 104 Å². The number of rotatable bonds is 7. The van der Waals surface area contributed by atoms with Gasteiger partial charge in [-0.2, -0.15) is 0 Å². The van der Waals surface area contributed by atoms with Crippen LogP contribution in [0.5, 0.6) is 0 Å². The van der Waals surface area contributed by atoms with Gasteiger partial charge in [0.1, 0.15) is 17.0 Å². The summed E-state index contributed by atoms with van der Waals surface area (Å²) in [6.45, 7) is 15.7. The first-order valence-corrected chi connectivity index (χ1v) is 22.8. The number of nitrogens with zero attached hydrogens (tertiary/aromatic N) is 4. The molecule has 16 heteroatoms. The van der Waals surface area contributed by atoms with Gasteiger partial charge in [-0.1, -0.05) is 23.2 Å². The van der Waals surface area contributed by atoms with Crippen LogP contribution in [0.4, 0.5) is 21.1 Å². The van der Waals surface area contributed by atoms with Gasteiger partial charge in [-0.15, -0.1) is 0 Å². The maximum Gasteiger partial charge on any atom is 0.412 e. The minimum atomic E-state index is -0.658. The summed E-state index contributed by atoms with van der Waals surface area (Å²) < 4.78 is 10.7. The van der Waals surface area contributed by atoms with Crippen LogP contribution in [-0.4, -0.2) is 99.0 Å². The molecule has 3 amide bonds. The van der Waals surface area contributed by atoms with Crippen LogP contribution >= 0.6 is 23.2 Å². The maximum atomic E-state index is 13.2. The number of pyridine rings is 2. The van der Waals surface area contributed by atoms with Crippen LogP contribution in [0, 0.1) is 11.8 Å². The summed E-state index contributed by atoms with van der Waals surface area (Å²) in [5.41, 5.74) is 8.18. The molecular weight excluding hydrogens is 857 g/mol. The summed E-state index contributed by atoms with van der Waals surface area (Å²) in [4.78, 5) is 76.0. The van der Waals surface area contributed by atoms with Crippen molar-refractivity contribution in [2.24, 2.45) is 11.8 Å². The highest BCUT2D eigenvalue weighted by atomic mass is 35.5. The van der Waals surface area contributed by atoms with E-state index in [1.165, 1.54) is 0 Å². The fourth-order valence-corrected chi connectivity index (χ4v) is 8.91. The number of benzene rings is 2. The van der Waals surface area contributed by atoms with E-state index in [9.17, 15) is 24.0 Å². The van der Waals surface area contributed by atoms with E-state index in [0.717, 1.165) is 80.4 Å². The number of ether oxygens (including phenoxy) is 2. The molecule has 3 aliphatic rings. The fourth-order valence-electron chi connectivity index (χ4n) is 8.56. The summed E-state index contributed by atoms with van der Waals surface area (Å²) in [5.74, 6) is 0.775. The minimum absolute atomic E-state index is 0.0921. The monoisotopic (exact) mass is 917 g/mol. The van der Waals surface area contributed by atoms with E-state index in [0.29, 0.717) is 53.0 Å². The number of amides is 3. The van der Waals surface area contributed by atoms with E-state index in [4.69, 9.17) is 38.4 Å². The Labute approximate surface area is 385 Å². The summed E-state index contributed by atoms with van der Waals surface area (Å²) in [7, 11) is 0. The summed E-state index contributed by atoms with van der Waals surface area (Å²) in [6.07, 6.45) is 5.24. The largest absolute Gasteiger partial charge is 0.444 e. The molecule has 0 bridgehead atoms. The summed E-state index contributed by atoms with van der Waals surface area (Å²) in [6, 6.07) is 15.9. The van der Waals surface area contributed by atoms with Crippen LogP contribution < -0.4 is 16.6 Å². The highest BCUT2D eigenvalue weighted by Crippen LogP contribution is 2.34. The predicted octanol–water partition coefficient (Wildman–Crippen LogP) is 9.29. The van der Waals surface area contributed by atoms with Crippen LogP contribution in [0.2, 0.25) is 10.0 Å². The second-order valence-corrected chi connectivity index (χ2v) is 19.8. The van der Waals surface area contributed by atoms with Crippen molar-refractivity contribution in [1.29, 1.82) is 0 Å². The van der Waals surface area contributed by atoms with E-state index in [1.807, 2.05) is 49.9 Å². The Kier molecular flexibility index (Phi) is 15.7. The minimum Gasteiger partial charge on any atom is -0.444 e. The Hall–Kier alpha value is -5.18. The molecule has 0 aliphatic carbocycles. The molecule has 0 spiro atoms. The van der Waals surface area contributed by atoms with E-state index in [1.54, 1.807) is 62.2 Å². The number of hydrogen-bond acceptors (Lipinski definition) is 10. The second kappa shape index (κ2) is 20.8. The molecule has 0 radical (unpaired) electrons. The third-order valence-corrected chi connectivity index (χ3v) is 12.1. The van der Waals surface area contributed by atoms with Gasteiger partial charge in [0.2, 0.25) is 11.5 Å². The Bertz CT molecular complexity index is 2370. The van der Waals surface area contributed by atoms with E-state index in [2.05, 4.69) is 20.2 Å². The van der Waals surface area contributed by atoms with Gasteiger partial charge in [-0.25, -0.2) is 14.6 Å². The molecule has 3 aliphatic heterocycles. The molecule has 5 heterocycles. The molecule has 3 fully saturated rings. The lowest BCUT2D eigenvalue weighted by Gasteiger charge is -2.37. The van der Waals surface area contributed by atoms with Crippen LogP contribution in [0.15, 0.2) is 65.6 Å². The zero-order valence-corrected chi connectivity index (χ0v) is 39.2. The molecule has 344 valence electrons. The number of nitrogens with two attached hydrogens (primary N) is 1. The molecule has 14 nitrogen and oxygen atoms in total. The smallest absolute Gasteiger partial charge is 0.412 e. The number of aromatic nitrogens is 2. The number of likely N-dealkylation sites (tertiary alicyclic amines) is 3. The molecule has 4 N–H and O–H groups in total. The van der Waals surface area contributed by atoms with Crippen molar-refractivity contribution in [1.82, 2.24) is 24.7 Å². The van der Waals surface area contributed by atoms with Gasteiger partial charge < -0.3 is 30.0 Å². The molecule has 0 atom stereocenters. The first kappa shape index (κ1) is 48.3. The third-order valence-electron chi connectivity index (χ3n) is 11.7. The number of ketones is 1. The van der Waals surface area contributed by atoms with E-state index in [-0.39, 0.29) is 41.1 Å². The van der Waals surface area contributed by atoms with Gasteiger partial charge >= 0.3 is 12.2 Å². The number of nitrogen functional groups attached to an aromatic ring is 1. The predicted molar refractivity (Wildman–Crippen MR) is 251 cm³/mol. The number of aromatic amines is 1. The molecule has 4 aromatic rings. The summed E-state index contributed by atoms with van der Waals surface area (Å²) >= 11 is 12.3. The van der Waals surface area contributed by atoms with Crippen LogP contribution in [0.1, 0.15) is 107 Å². The van der Waals surface area contributed by atoms with Gasteiger partial charge in [0.25, 0.3) is 0 Å². The lowest BCUT2D eigenvalue weighted by atomic mass is 9.86. The van der Waals surface area contributed by atoms with Gasteiger partial charge in [-0.3, -0.25) is 24.6 Å². The molecule has 64 heavy (non-hydrogen) atoms. The second-order valence-electron chi connectivity index (χ2n) is 18.9. The zero-order valence-electron chi connectivity index (χ0n) is 37.7. The number of hydrogen-bond donors (Lipinski definition) is 3. The van der Waals surface area contributed by atoms with Crippen LogP contribution in [-0.2, 0) is 20.8 Å². The number of carbonyl (C=O) groups excluding carboxylic acids is 4. The van der Waals surface area contributed by atoms with E-state index >= 15 is 0 Å². The number of nitrogens with one attached hydrogen (secondary N) is 2. The van der Waals surface area contributed by atoms with Crippen molar-refractivity contribution < 1.29 is 28.7 Å². The van der Waals surface area contributed by atoms with Gasteiger partial charge in [0, 0.05) is 83.3 Å².